The number of hydrogen-bond acceptors (Lipinski definition) is 12. The van der Waals surface area contributed by atoms with Gasteiger partial charge in [-0.25, -0.2) is 19.6 Å². The average molecular weight is 729 g/mol. The maximum atomic E-state index is 12.1. The van der Waals surface area contributed by atoms with E-state index in [1.165, 1.54) is 36.9 Å². The van der Waals surface area contributed by atoms with E-state index >= 15 is 0 Å². The maximum Gasteiger partial charge on any atom is 0.349 e. The van der Waals surface area contributed by atoms with Crippen LogP contribution in [0, 0.1) is 25.7 Å². The summed E-state index contributed by atoms with van der Waals surface area (Å²) in [7, 11) is 2.70. The van der Waals surface area contributed by atoms with Crippen molar-refractivity contribution in [1.82, 2.24) is 9.97 Å². The van der Waals surface area contributed by atoms with Crippen LogP contribution in [0.25, 0.3) is 21.1 Å². The number of esters is 2. The number of nitrogens with zero attached hydrogens (tertiary/aromatic N) is 2. The number of methoxy groups -OCH3 is 2. The summed E-state index contributed by atoms with van der Waals surface area (Å²) in [5.41, 5.74) is 15.4. The molecule has 0 unspecified atom stereocenters. The molecule has 0 bridgehead atoms. The Kier molecular flexibility index (Phi) is 14.0. The van der Waals surface area contributed by atoms with Crippen LogP contribution in [0.2, 0.25) is 0 Å². The third-order valence-corrected chi connectivity index (χ3v) is 9.28. The molecule has 10 nitrogen and oxygen atoms in total. The molecule has 14 heteroatoms. The van der Waals surface area contributed by atoms with Gasteiger partial charge in [0.05, 0.1) is 49.9 Å². The molecule has 2 aromatic carbocycles. The normalized spacial score (nSPS) is 10.7. The lowest BCUT2D eigenvalue weighted by atomic mass is 10.1. The maximum absolute atomic E-state index is 12.1. The lowest BCUT2D eigenvalue weighted by molar-refractivity contribution is 0.0596. The molecule has 0 fully saturated rings. The van der Waals surface area contributed by atoms with Crippen LogP contribution >= 0.6 is 47.1 Å². The molecule has 2 aromatic heterocycles. The molecule has 0 saturated heterocycles. The molecule has 256 valence electrons. The molecule has 0 aliphatic heterocycles. The number of thiazole rings is 2. The number of thiocarbonyl (C=S) groups is 2. The lowest BCUT2D eigenvalue weighted by Crippen LogP contribution is -2.16. The minimum Gasteiger partial charge on any atom is -0.493 e. The summed E-state index contributed by atoms with van der Waals surface area (Å²) in [6, 6.07) is 11.1. The molecule has 0 saturated carbocycles. The number of rotatable bonds is 12. The van der Waals surface area contributed by atoms with Gasteiger partial charge in [0.15, 0.2) is 0 Å². The van der Waals surface area contributed by atoms with Gasteiger partial charge in [-0.05, 0) is 62.1 Å². The highest BCUT2D eigenvalue weighted by molar-refractivity contribution is 7.81. The van der Waals surface area contributed by atoms with Gasteiger partial charge in [-0.15, -0.1) is 22.7 Å². The Hall–Kier alpha value is -3.98. The Morgan fingerprint density at radius 2 is 1.25 bits per heavy atom. The Morgan fingerprint density at radius 1 is 0.750 bits per heavy atom. The SMILES string of the molecule is CC(C)COc1ccc(C(N)=S)cc1C(N)=S.COC(=O)c1sc(-c2ccc(OCC(C)C)c(-c3nc(C)c(C(=O)OC)s3)c2)nc1C. The van der Waals surface area contributed by atoms with Crippen molar-refractivity contribution < 1.29 is 28.5 Å². The summed E-state index contributed by atoms with van der Waals surface area (Å²) < 4.78 is 21.4. The van der Waals surface area contributed by atoms with E-state index in [0.717, 1.165) is 16.7 Å². The Morgan fingerprint density at radius 3 is 1.75 bits per heavy atom. The zero-order valence-electron chi connectivity index (χ0n) is 28.2. The first-order valence-electron chi connectivity index (χ1n) is 14.9. The molecule has 0 atom stereocenters. The summed E-state index contributed by atoms with van der Waals surface area (Å²) in [5.74, 6) is 1.30. The molecule has 48 heavy (non-hydrogen) atoms. The monoisotopic (exact) mass is 728 g/mol. The summed E-state index contributed by atoms with van der Waals surface area (Å²) in [4.78, 5) is 34.7. The molecule has 4 N–H and O–H groups in total. The highest BCUT2D eigenvalue weighted by Gasteiger charge is 2.22. The fourth-order valence-corrected chi connectivity index (χ4v) is 6.34. The van der Waals surface area contributed by atoms with Crippen molar-refractivity contribution in [3.05, 3.63) is 68.7 Å². The summed E-state index contributed by atoms with van der Waals surface area (Å²) in [5, 5.41) is 1.34. The van der Waals surface area contributed by atoms with Gasteiger partial charge < -0.3 is 30.4 Å². The number of aromatic nitrogens is 2. The number of benzene rings is 2. The fourth-order valence-electron chi connectivity index (χ4n) is 4.07. The second kappa shape index (κ2) is 17.4. The molecular weight excluding hydrogens is 689 g/mol. The van der Waals surface area contributed by atoms with Crippen molar-refractivity contribution in [2.75, 3.05) is 27.4 Å². The molecule has 4 aromatic rings. The number of carbonyl (C=O) groups is 2. The van der Waals surface area contributed by atoms with E-state index in [0.29, 0.717) is 78.3 Å². The molecular formula is C34H40N4O6S4. The van der Waals surface area contributed by atoms with E-state index in [9.17, 15) is 9.59 Å². The fraction of sp³-hybridized carbons (Fsp3) is 0.353. The molecule has 0 amide bonds. The smallest absolute Gasteiger partial charge is 0.349 e. The van der Waals surface area contributed by atoms with E-state index in [1.54, 1.807) is 32.0 Å². The van der Waals surface area contributed by atoms with E-state index in [4.69, 9.17) is 54.9 Å². The number of ether oxygens (including phenoxy) is 4. The van der Waals surface area contributed by atoms with Gasteiger partial charge in [-0.3, -0.25) is 0 Å². The predicted octanol–water partition coefficient (Wildman–Crippen LogP) is 7.15. The van der Waals surface area contributed by atoms with Crippen LogP contribution in [0.4, 0.5) is 0 Å². The van der Waals surface area contributed by atoms with Gasteiger partial charge in [-0.2, -0.15) is 0 Å². The van der Waals surface area contributed by atoms with Crippen molar-refractivity contribution in [3.8, 4) is 32.6 Å². The van der Waals surface area contributed by atoms with Crippen LogP contribution in [0.15, 0.2) is 36.4 Å². The first-order valence-corrected chi connectivity index (χ1v) is 17.4. The van der Waals surface area contributed by atoms with Crippen LogP contribution in [-0.4, -0.2) is 59.3 Å². The van der Waals surface area contributed by atoms with Crippen molar-refractivity contribution in [1.29, 1.82) is 0 Å². The first kappa shape index (κ1) is 38.5. The molecule has 2 heterocycles. The van der Waals surface area contributed by atoms with Gasteiger partial charge in [0.25, 0.3) is 0 Å². The van der Waals surface area contributed by atoms with E-state index < -0.39 is 11.9 Å². The molecule has 0 spiro atoms. The highest BCUT2D eigenvalue weighted by Crippen LogP contribution is 2.39. The zero-order chi connectivity index (χ0) is 35.7. The molecule has 4 rings (SSSR count). The quantitative estimate of drug-likeness (QED) is 0.113. The Labute approximate surface area is 299 Å². The van der Waals surface area contributed by atoms with E-state index in [-0.39, 0.29) is 4.99 Å². The van der Waals surface area contributed by atoms with Crippen LogP contribution in [0.5, 0.6) is 11.5 Å². The van der Waals surface area contributed by atoms with Crippen LogP contribution in [0.3, 0.4) is 0 Å². The molecule has 0 aliphatic carbocycles. The number of carbonyl (C=O) groups excluding carboxylic acids is 2. The van der Waals surface area contributed by atoms with Gasteiger partial charge in [0.1, 0.15) is 41.2 Å². The second-order valence-corrected chi connectivity index (χ2v) is 14.3. The summed E-state index contributed by atoms with van der Waals surface area (Å²) >= 11 is 12.4. The van der Waals surface area contributed by atoms with Gasteiger partial charge >= 0.3 is 11.9 Å². The van der Waals surface area contributed by atoms with Crippen LogP contribution in [-0.2, 0) is 9.47 Å². The standard InChI is InChI=1S/C22H24N2O5S2.C12H16N2OS2/c1-11(2)10-29-16-8-7-14(19-23-12(3)17(30-19)21(25)27-5)9-15(16)20-24-13(4)18(31-20)22(26)28-6;1-7(2)6-15-10-4-3-8(11(13)16)5-9(10)12(14)17/h7-9,11H,10H2,1-6H3;3-5,7H,6H2,1-2H3,(H2,13,16)(H2,14,17). The number of nitrogens with two attached hydrogens (primary N) is 2. The van der Waals surface area contributed by atoms with E-state index in [2.05, 4.69) is 37.7 Å². The van der Waals surface area contributed by atoms with Crippen LogP contribution in [0.1, 0.15) is 69.6 Å². The minimum atomic E-state index is -0.416. The largest absolute Gasteiger partial charge is 0.493 e. The zero-order valence-corrected chi connectivity index (χ0v) is 31.4. The second-order valence-electron chi connectivity index (χ2n) is 11.4. The number of hydrogen-bond donors (Lipinski definition) is 2. The van der Waals surface area contributed by atoms with Crippen LogP contribution < -0.4 is 20.9 Å². The molecule has 0 radical (unpaired) electrons. The Bertz CT molecular complexity index is 1800. The third-order valence-electron chi connectivity index (χ3n) is 6.47. The summed E-state index contributed by atoms with van der Waals surface area (Å²) in [6.07, 6.45) is 0. The summed E-state index contributed by atoms with van der Waals surface area (Å²) in [6.45, 7) is 13.0. The van der Waals surface area contributed by atoms with Gasteiger partial charge in [0, 0.05) is 11.1 Å². The van der Waals surface area contributed by atoms with Crippen molar-refractivity contribution in [3.63, 3.8) is 0 Å². The predicted molar refractivity (Wildman–Crippen MR) is 200 cm³/mol. The van der Waals surface area contributed by atoms with E-state index in [1.807, 2.05) is 18.2 Å². The number of aryl methyl sites for hydroxylation is 2. The van der Waals surface area contributed by atoms with Gasteiger partial charge in [0.2, 0.25) is 0 Å². The van der Waals surface area contributed by atoms with Crippen molar-refractivity contribution in [2.45, 2.75) is 41.5 Å². The van der Waals surface area contributed by atoms with Crippen molar-refractivity contribution >= 4 is 69.0 Å². The first-order chi connectivity index (χ1) is 22.7. The minimum absolute atomic E-state index is 0.279. The Balaban J connectivity index is 0.000000311. The van der Waals surface area contributed by atoms with Crippen molar-refractivity contribution in [2.24, 2.45) is 23.3 Å². The third kappa shape index (κ3) is 10.0. The lowest BCUT2D eigenvalue weighted by Gasteiger charge is -2.13. The average Bonchev–Trinajstić information content (AvgIpc) is 3.64. The molecule has 0 aliphatic rings. The topological polar surface area (TPSA) is 149 Å². The highest BCUT2D eigenvalue weighted by atomic mass is 32.1. The van der Waals surface area contributed by atoms with Gasteiger partial charge in [-0.1, -0.05) is 52.1 Å².